The molecule has 4 N–H and O–H groups in total. The van der Waals surface area contributed by atoms with Crippen LogP contribution in [-0.4, -0.2) is 20.4 Å². The zero-order valence-electron chi connectivity index (χ0n) is 15.3. The molecule has 0 fully saturated rings. The number of halogens is 3. The van der Waals surface area contributed by atoms with Gasteiger partial charge in [0.15, 0.2) is 11.6 Å². The van der Waals surface area contributed by atoms with Crippen LogP contribution >= 0.6 is 12.4 Å². The van der Waals surface area contributed by atoms with E-state index >= 15 is 0 Å². The lowest BCUT2D eigenvalue weighted by Crippen LogP contribution is -2.36. The lowest BCUT2D eigenvalue weighted by atomic mass is 10.0. The lowest BCUT2D eigenvalue weighted by molar-refractivity contribution is -0.117. The van der Waals surface area contributed by atoms with Gasteiger partial charge in [0.1, 0.15) is 0 Å². The quantitative estimate of drug-likeness (QED) is 0.622. The van der Waals surface area contributed by atoms with E-state index in [-0.39, 0.29) is 29.9 Å². The van der Waals surface area contributed by atoms with Gasteiger partial charge >= 0.3 is 0 Å². The summed E-state index contributed by atoms with van der Waals surface area (Å²) in [6.07, 6.45) is 0.540. The minimum Gasteiger partial charge on any atom is -0.325 e. The first-order chi connectivity index (χ1) is 12.6. The maximum atomic E-state index is 13.2. The van der Waals surface area contributed by atoms with Gasteiger partial charge in [-0.3, -0.25) is 9.52 Å². The number of sulfonamides is 1. The molecule has 0 aliphatic carbocycles. The normalized spacial score (nSPS) is 12.2. The maximum absolute atomic E-state index is 13.2. The molecule has 0 saturated heterocycles. The van der Waals surface area contributed by atoms with Crippen molar-refractivity contribution in [1.29, 1.82) is 0 Å². The predicted octanol–water partition coefficient (Wildman–Crippen LogP) is 3.50. The number of nitrogens with two attached hydrogens (primary N) is 1. The summed E-state index contributed by atoms with van der Waals surface area (Å²) in [5.41, 5.74) is 6.46. The van der Waals surface area contributed by atoms with Gasteiger partial charge in [-0.15, -0.1) is 12.4 Å². The van der Waals surface area contributed by atoms with E-state index in [0.717, 1.165) is 12.1 Å². The molecule has 0 radical (unpaired) electrons. The SMILES string of the molecule is CC(C)C[C@H](N)C(=O)Nc1ccc(NS(=O)(=O)c2ccc(F)c(F)c2)cc1.Cl. The molecule has 154 valence electrons. The Morgan fingerprint density at radius 2 is 1.61 bits per heavy atom. The first kappa shape index (κ1) is 23.8. The highest BCUT2D eigenvalue weighted by Gasteiger charge is 2.17. The van der Waals surface area contributed by atoms with Crippen LogP contribution in [0.25, 0.3) is 0 Å². The van der Waals surface area contributed by atoms with Crippen molar-refractivity contribution in [3.05, 3.63) is 54.1 Å². The molecular weight excluding hydrogens is 412 g/mol. The number of nitrogens with one attached hydrogen (secondary N) is 2. The summed E-state index contributed by atoms with van der Waals surface area (Å²) in [7, 11) is -4.08. The summed E-state index contributed by atoms with van der Waals surface area (Å²) < 4.78 is 52.9. The average molecular weight is 434 g/mol. The number of amides is 1. The summed E-state index contributed by atoms with van der Waals surface area (Å²) in [5, 5.41) is 2.65. The van der Waals surface area contributed by atoms with Crippen LogP contribution in [0.4, 0.5) is 20.2 Å². The van der Waals surface area contributed by atoms with Gasteiger partial charge in [0.05, 0.1) is 10.9 Å². The minimum absolute atomic E-state index is 0. The molecule has 1 atom stereocenters. The van der Waals surface area contributed by atoms with E-state index in [2.05, 4.69) is 10.0 Å². The van der Waals surface area contributed by atoms with Gasteiger partial charge in [0, 0.05) is 11.4 Å². The fourth-order valence-electron chi connectivity index (χ4n) is 2.33. The van der Waals surface area contributed by atoms with Gasteiger partial charge in [-0.05, 0) is 54.8 Å². The number of rotatable bonds is 7. The third-order valence-electron chi connectivity index (χ3n) is 3.67. The van der Waals surface area contributed by atoms with Crippen molar-refractivity contribution < 1.29 is 22.0 Å². The maximum Gasteiger partial charge on any atom is 0.261 e. The van der Waals surface area contributed by atoms with E-state index in [0.29, 0.717) is 18.2 Å². The summed E-state index contributed by atoms with van der Waals surface area (Å²) in [6, 6.07) is 7.53. The van der Waals surface area contributed by atoms with E-state index in [1.807, 2.05) is 13.8 Å². The molecule has 0 aliphatic heterocycles. The molecule has 0 spiro atoms. The highest BCUT2D eigenvalue weighted by molar-refractivity contribution is 7.92. The van der Waals surface area contributed by atoms with E-state index in [4.69, 9.17) is 5.73 Å². The Bertz CT molecular complexity index is 922. The van der Waals surface area contributed by atoms with Crippen molar-refractivity contribution in [2.45, 2.75) is 31.2 Å². The fraction of sp³-hybridized carbons (Fsp3) is 0.278. The molecule has 0 saturated carbocycles. The summed E-state index contributed by atoms with van der Waals surface area (Å²) in [6.45, 7) is 3.92. The molecule has 2 aromatic rings. The zero-order valence-corrected chi connectivity index (χ0v) is 16.9. The summed E-state index contributed by atoms with van der Waals surface area (Å²) >= 11 is 0. The Labute approximate surface area is 169 Å². The van der Waals surface area contributed by atoms with Crippen molar-refractivity contribution >= 4 is 39.7 Å². The number of anilines is 2. The highest BCUT2D eigenvalue weighted by Crippen LogP contribution is 2.20. The van der Waals surface area contributed by atoms with Gasteiger partial charge in [-0.25, -0.2) is 17.2 Å². The summed E-state index contributed by atoms with van der Waals surface area (Å²) in [5.74, 6) is -2.45. The summed E-state index contributed by atoms with van der Waals surface area (Å²) in [4.78, 5) is 11.6. The highest BCUT2D eigenvalue weighted by atomic mass is 35.5. The van der Waals surface area contributed by atoms with Crippen LogP contribution in [0, 0.1) is 17.6 Å². The number of benzene rings is 2. The number of carbonyl (C=O) groups is 1. The van der Waals surface area contributed by atoms with Crippen LogP contribution in [0.3, 0.4) is 0 Å². The number of hydrogen-bond acceptors (Lipinski definition) is 4. The Morgan fingerprint density at radius 1 is 1.04 bits per heavy atom. The molecule has 28 heavy (non-hydrogen) atoms. The van der Waals surface area contributed by atoms with Crippen LogP contribution in [0.5, 0.6) is 0 Å². The Morgan fingerprint density at radius 3 is 2.14 bits per heavy atom. The van der Waals surface area contributed by atoms with E-state index in [9.17, 15) is 22.0 Å². The van der Waals surface area contributed by atoms with Crippen LogP contribution in [-0.2, 0) is 14.8 Å². The Hall–Kier alpha value is -2.23. The first-order valence-electron chi connectivity index (χ1n) is 8.23. The lowest BCUT2D eigenvalue weighted by Gasteiger charge is -2.14. The molecule has 0 aromatic heterocycles. The van der Waals surface area contributed by atoms with Crippen molar-refractivity contribution in [2.75, 3.05) is 10.0 Å². The molecule has 2 aromatic carbocycles. The fourth-order valence-corrected chi connectivity index (χ4v) is 3.40. The van der Waals surface area contributed by atoms with Crippen LogP contribution in [0.15, 0.2) is 47.4 Å². The number of carbonyl (C=O) groups excluding carboxylic acids is 1. The molecule has 0 aliphatic rings. The third-order valence-corrected chi connectivity index (χ3v) is 5.05. The second kappa shape index (κ2) is 9.81. The third kappa shape index (κ3) is 6.43. The molecule has 10 heteroatoms. The largest absolute Gasteiger partial charge is 0.325 e. The van der Waals surface area contributed by atoms with Gasteiger partial charge in [0.2, 0.25) is 5.91 Å². The van der Waals surface area contributed by atoms with Crippen LogP contribution in [0.2, 0.25) is 0 Å². The first-order valence-corrected chi connectivity index (χ1v) is 9.71. The second-order valence-corrected chi connectivity index (χ2v) is 8.17. The number of hydrogen-bond donors (Lipinski definition) is 3. The van der Waals surface area contributed by atoms with E-state index in [1.54, 1.807) is 0 Å². The van der Waals surface area contributed by atoms with Gasteiger partial charge in [-0.2, -0.15) is 0 Å². The molecular formula is C18H22ClF2N3O3S. The second-order valence-electron chi connectivity index (χ2n) is 6.48. The van der Waals surface area contributed by atoms with E-state index in [1.165, 1.54) is 24.3 Å². The van der Waals surface area contributed by atoms with Crippen LogP contribution in [0.1, 0.15) is 20.3 Å². The monoisotopic (exact) mass is 433 g/mol. The minimum atomic E-state index is -4.08. The molecule has 1 amide bonds. The molecule has 0 bridgehead atoms. The molecule has 6 nitrogen and oxygen atoms in total. The van der Waals surface area contributed by atoms with E-state index < -0.39 is 32.6 Å². The Kier molecular flexibility index (Phi) is 8.34. The van der Waals surface area contributed by atoms with Crippen molar-refractivity contribution in [3.63, 3.8) is 0 Å². The topological polar surface area (TPSA) is 101 Å². The standard InChI is InChI=1S/C18H21F2N3O3S.ClH/c1-11(2)9-17(21)18(24)22-12-3-5-13(6-4-12)23-27(25,26)14-7-8-15(19)16(20)10-14;/h3-8,10-11,17,23H,9,21H2,1-2H3,(H,22,24);1H/t17-;/m0./s1. The molecule has 0 heterocycles. The van der Waals surface area contributed by atoms with Crippen molar-refractivity contribution in [1.82, 2.24) is 0 Å². The van der Waals surface area contributed by atoms with Gasteiger partial charge in [0.25, 0.3) is 10.0 Å². The van der Waals surface area contributed by atoms with Crippen molar-refractivity contribution in [2.24, 2.45) is 11.7 Å². The average Bonchev–Trinajstić information content (AvgIpc) is 2.58. The van der Waals surface area contributed by atoms with Gasteiger partial charge in [-0.1, -0.05) is 13.8 Å². The molecule has 0 unspecified atom stereocenters. The van der Waals surface area contributed by atoms with Crippen LogP contribution < -0.4 is 15.8 Å². The molecule has 2 rings (SSSR count). The zero-order chi connectivity index (χ0) is 20.2. The predicted molar refractivity (Wildman–Crippen MR) is 107 cm³/mol. The Balaban J connectivity index is 0.00000392. The van der Waals surface area contributed by atoms with Gasteiger partial charge < -0.3 is 11.1 Å². The van der Waals surface area contributed by atoms with Crippen molar-refractivity contribution in [3.8, 4) is 0 Å². The smallest absolute Gasteiger partial charge is 0.261 e.